The molecule has 0 bridgehead atoms. The lowest BCUT2D eigenvalue weighted by Crippen LogP contribution is -2.31. The van der Waals surface area contributed by atoms with E-state index in [4.69, 9.17) is 32.7 Å². The minimum absolute atomic E-state index is 0.230. The second kappa shape index (κ2) is 9.99. The van der Waals surface area contributed by atoms with Crippen LogP contribution in [0.5, 0.6) is 5.75 Å². The number of halogens is 3. The van der Waals surface area contributed by atoms with E-state index in [0.717, 1.165) is 0 Å². The monoisotopic (exact) mass is 399 g/mol. The molecule has 0 fully saturated rings. The average Bonchev–Trinajstić information content (AvgIpc) is 2.61. The SMILES string of the molecule is O=C(COC(=O)COc1ccc(Cl)cc1Cl)NCCc1ccccc1F. The second-order valence-corrected chi connectivity index (χ2v) is 6.06. The van der Waals surface area contributed by atoms with Crippen LogP contribution in [0.4, 0.5) is 4.39 Å². The van der Waals surface area contributed by atoms with Gasteiger partial charge in [0.25, 0.3) is 5.91 Å². The summed E-state index contributed by atoms with van der Waals surface area (Å²) in [5, 5.41) is 3.25. The molecule has 0 radical (unpaired) electrons. The van der Waals surface area contributed by atoms with E-state index in [1.165, 1.54) is 18.2 Å². The summed E-state index contributed by atoms with van der Waals surface area (Å²) in [4.78, 5) is 23.2. The Morgan fingerprint density at radius 2 is 1.85 bits per heavy atom. The van der Waals surface area contributed by atoms with Gasteiger partial charge in [-0.05, 0) is 36.2 Å². The maximum atomic E-state index is 13.4. The molecule has 0 saturated carbocycles. The van der Waals surface area contributed by atoms with Crippen LogP contribution in [0.2, 0.25) is 10.0 Å². The molecule has 0 spiro atoms. The molecule has 5 nitrogen and oxygen atoms in total. The molecular formula is C18H16Cl2FNO4. The molecule has 0 aliphatic carbocycles. The molecule has 0 saturated heterocycles. The topological polar surface area (TPSA) is 64.6 Å². The number of rotatable bonds is 8. The van der Waals surface area contributed by atoms with Crippen molar-refractivity contribution in [2.45, 2.75) is 6.42 Å². The van der Waals surface area contributed by atoms with Gasteiger partial charge in [0.2, 0.25) is 0 Å². The van der Waals surface area contributed by atoms with Crippen LogP contribution in [0.15, 0.2) is 42.5 Å². The Labute approximate surface area is 160 Å². The molecule has 138 valence electrons. The fourth-order valence-electron chi connectivity index (χ4n) is 2.01. The van der Waals surface area contributed by atoms with Gasteiger partial charge in [0.15, 0.2) is 13.2 Å². The molecule has 0 atom stereocenters. The van der Waals surface area contributed by atoms with Crippen molar-refractivity contribution in [2.24, 2.45) is 0 Å². The summed E-state index contributed by atoms with van der Waals surface area (Å²) in [5.74, 6) is -1.26. The van der Waals surface area contributed by atoms with Gasteiger partial charge in [-0.15, -0.1) is 0 Å². The van der Waals surface area contributed by atoms with Crippen molar-refractivity contribution in [1.29, 1.82) is 0 Å². The summed E-state index contributed by atoms with van der Waals surface area (Å²) < 4.78 is 23.4. The molecule has 2 rings (SSSR count). The predicted molar refractivity (Wildman–Crippen MR) is 96.0 cm³/mol. The number of esters is 1. The maximum Gasteiger partial charge on any atom is 0.344 e. The molecule has 1 amide bonds. The van der Waals surface area contributed by atoms with E-state index in [9.17, 15) is 14.0 Å². The van der Waals surface area contributed by atoms with E-state index in [1.54, 1.807) is 24.3 Å². The van der Waals surface area contributed by atoms with Gasteiger partial charge in [0.05, 0.1) is 5.02 Å². The summed E-state index contributed by atoms with van der Waals surface area (Å²) in [6.45, 7) is -0.619. The van der Waals surface area contributed by atoms with Crippen LogP contribution in [0.1, 0.15) is 5.56 Å². The molecule has 2 aromatic rings. The third kappa shape index (κ3) is 6.54. The van der Waals surface area contributed by atoms with Gasteiger partial charge in [-0.3, -0.25) is 4.79 Å². The Morgan fingerprint density at radius 1 is 1.08 bits per heavy atom. The van der Waals surface area contributed by atoms with Crippen LogP contribution < -0.4 is 10.1 Å². The minimum Gasteiger partial charge on any atom is -0.480 e. The smallest absolute Gasteiger partial charge is 0.344 e. The van der Waals surface area contributed by atoms with Gasteiger partial charge in [-0.25, -0.2) is 9.18 Å². The van der Waals surface area contributed by atoms with Gasteiger partial charge >= 0.3 is 5.97 Å². The Hall–Kier alpha value is -2.31. The van der Waals surface area contributed by atoms with E-state index in [1.807, 2.05) is 0 Å². The van der Waals surface area contributed by atoms with Gasteiger partial charge in [0.1, 0.15) is 11.6 Å². The predicted octanol–water partition coefficient (Wildman–Crippen LogP) is 3.41. The molecule has 8 heteroatoms. The van der Waals surface area contributed by atoms with E-state index in [2.05, 4.69) is 5.32 Å². The lowest BCUT2D eigenvalue weighted by molar-refractivity contribution is -0.150. The number of benzene rings is 2. The van der Waals surface area contributed by atoms with Gasteiger partial charge in [0, 0.05) is 11.6 Å². The van der Waals surface area contributed by atoms with Crippen LogP contribution in [-0.2, 0) is 20.7 Å². The van der Waals surface area contributed by atoms with Crippen LogP contribution in [0.3, 0.4) is 0 Å². The number of amides is 1. The highest BCUT2D eigenvalue weighted by Gasteiger charge is 2.10. The number of hydrogen-bond donors (Lipinski definition) is 1. The van der Waals surface area contributed by atoms with Crippen molar-refractivity contribution in [2.75, 3.05) is 19.8 Å². The fourth-order valence-corrected chi connectivity index (χ4v) is 2.47. The van der Waals surface area contributed by atoms with Gasteiger partial charge < -0.3 is 14.8 Å². The first-order valence-corrected chi connectivity index (χ1v) is 8.45. The third-order valence-corrected chi connectivity index (χ3v) is 3.81. The quantitative estimate of drug-likeness (QED) is 0.690. The number of carbonyl (C=O) groups is 2. The van der Waals surface area contributed by atoms with Crippen LogP contribution in [0.25, 0.3) is 0 Å². The van der Waals surface area contributed by atoms with Crippen LogP contribution >= 0.6 is 23.2 Å². The van der Waals surface area contributed by atoms with Crippen molar-refractivity contribution < 1.29 is 23.5 Å². The normalized spacial score (nSPS) is 10.3. The summed E-state index contributed by atoms with van der Waals surface area (Å²) >= 11 is 11.7. The first-order valence-electron chi connectivity index (χ1n) is 7.69. The first-order chi connectivity index (χ1) is 12.5. The zero-order valence-corrected chi connectivity index (χ0v) is 15.1. The average molecular weight is 400 g/mol. The molecule has 0 aliphatic heterocycles. The number of nitrogens with one attached hydrogen (secondary N) is 1. The standard InChI is InChI=1S/C18H16Cl2FNO4/c19-13-5-6-16(14(20)9-13)25-11-18(24)26-10-17(23)22-8-7-12-3-1-2-4-15(12)21/h1-6,9H,7-8,10-11H2,(H,22,23). The number of hydrogen-bond acceptors (Lipinski definition) is 4. The molecule has 0 aromatic heterocycles. The van der Waals surface area contributed by atoms with Crippen molar-refractivity contribution in [3.63, 3.8) is 0 Å². The zero-order valence-electron chi connectivity index (χ0n) is 13.6. The Balaban J connectivity index is 1.65. The molecule has 2 aromatic carbocycles. The Kier molecular flexibility index (Phi) is 7.69. The van der Waals surface area contributed by atoms with Gasteiger partial charge in [-0.2, -0.15) is 0 Å². The number of ether oxygens (including phenoxy) is 2. The third-order valence-electron chi connectivity index (χ3n) is 3.28. The number of carbonyl (C=O) groups excluding carboxylic acids is 2. The van der Waals surface area contributed by atoms with Crippen LogP contribution in [-0.4, -0.2) is 31.6 Å². The van der Waals surface area contributed by atoms with Crippen molar-refractivity contribution in [1.82, 2.24) is 5.32 Å². The fraction of sp³-hybridized carbons (Fsp3) is 0.222. The van der Waals surface area contributed by atoms with Crippen molar-refractivity contribution >= 4 is 35.1 Å². The van der Waals surface area contributed by atoms with Gasteiger partial charge in [-0.1, -0.05) is 41.4 Å². The summed E-state index contributed by atoms with van der Waals surface area (Å²) in [7, 11) is 0. The molecular weight excluding hydrogens is 384 g/mol. The molecule has 0 heterocycles. The molecule has 0 unspecified atom stereocenters. The minimum atomic E-state index is -0.722. The van der Waals surface area contributed by atoms with Crippen molar-refractivity contribution in [3.8, 4) is 5.75 Å². The first kappa shape index (κ1) is 20.0. The molecule has 26 heavy (non-hydrogen) atoms. The summed E-state index contributed by atoms with van der Waals surface area (Å²) in [5.41, 5.74) is 0.498. The van der Waals surface area contributed by atoms with E-state index < -0.39 is 25.1 Å². The van der Waals surface area contributed by atoms with E-state index >= 15 is 0 Å². The van der Waals surface area contributed by atoms with E-state index in [-0.39, 0.29) is 23.1 Å². The maximum absolute atomic E-state index is 13.4. The van der Waals surface area contributed by atoms with E-state index in [0.29, 0.717) is 17.0 Å². The summed E-state index contributed by atoms with van der Waals surface area (Å²) in [6.07, 6.45) is 0.338. The molecule has 0 aliphatic rings. The lowest BCUT2D eigenvalue weighted by atomic mass is 10.1. The lowest BCUT2D eigenvalue weighted by Gasteiger charge is -2.09. The van der Waals surface area contributed by atoms with Crippen molar-refractivity contribution in [3.05, 3.63) is 63.9 Å². The largest absolute Gasteiger partial charge is 0.480 e. The highest BCUT2D eigenvalue weighted by molar-refractivity contribution is 6.35. The highest BCUT2D eigenvalue weighted by atomic mass is 35.5. The Morgan fingerprint density at radius 3 is 2.58 bits per heavy atom. The molecule has 1 N–H and O–H groups in total. The second-order valence-electron chi connectivity index (χ2n) is 5.22. The highest BCUT2D eigenvalue weighted by Crippen LogP contribution is 2.27. The zero-order chi connectivity index (χ0) is 18.9. The summed E-state index contributed by atoms with van der Waals surface area (Å²) in [6, 6.07) is 10.9. The van der Waals surface area contributed by atoms with Crippen LogP contribution in [0, 0.1) is 5.82 Å². The Bertz CT molecular complexity index is 786.